The Morgan fingerprint density at radius 3 is 2.56 bits per heavy atom. The molecule has 0 spiro atoms. The lowest BCUT2D eigenvalue weighted by molar-refractivity contribution is -0.139. The van der Waals surface area contributed by atoms with Gasteiger partial charge in [0, 0.05) is 44.1 Å². The highest BCUT2D eigenvalue weighted by Crippen LogP contribution is 2.26. The van der Waals surface area contributed by atoms with Crippen molar-refractivity contribution in [2.75, 3.05) is 29.4 Å². The van der Waals surface area contributed by atoms with Crippen LogP contribution in [0.1, 0.15) is 25.7 Å². The van der Waals surface area contributed by atoms with Gasteiger partial charge in [0.05, 0.1) is 5.92 Å². The number of anilines is 2. The molecular weight excluding hydrogens is 344 g/mol. The van der Waals surface area contributed by atoms with Crippen LogP contribution < -0.4 is 14.5 Å². The van der Waals surface area contributed by atoms with Crippen LogP contribution in [-0.4, -0.2) is 41.5 Å². The summed E-state index contributed by atoms with van der Waals surface area (Å²) < 4.78 is 5.57. The van der Waals surface area contributed by atoms with Crippen LogP contribution in [0.3, 0.4) is 0 Å². The first-order valence-electron chi connectivity index (χ1n) is 9.35. The van der Waals surface area contributed by atoms with Gasteiger partial charge in [-0.25, -0.2) is 9.97 Å². The molecule has 2 saturated heterocycles. The first kappa shape index (κ1) is 17.5. The Bertz CT molecular complexity index is 810. The molecule has 1 aromatic carbocycles. The Kier molecular flexibility index (Phi) is 5.00. The normalized spacial score (nSPS) is 20.0. The van der Waals surface area contributed by atoms with E-state index < -0.39 is 0 Å². The minimum absolute atomic E-state index is 0.144. The molecule has 2 fully saturated rings. The lowest BCUT2D eigenvalue weighted by Gasteiger charge is -2.31. The van der Waals surface area contributed by atoms with E-state index in [0.717, 1.165) is 38.0 Å². The van der Waals surface area contributed by atoms with Crippen LogP contribution in [0.2, 0.25) is 0 Å². The second kappa shape index (κ2) is 7.73. The van der Waals surface area contributed by atoms with E-state index in [4.69, 9.17) is 4.74 Å². The molecule has 0 radical (unpaired) electrons. The van der Waals surface area contributed by atoms with E-state index in [1.807, 2.05) is 17.0 Å². The Morgan fingerprint density at radius 1 is 1.07 bits per heavy atom. The van der Waals surface area contributed by atoms with Crippen molar-refractivity contribution in [2.45, 2.75) is 25.7 Å². The number of hydrogen-bond donors (Lipinski definition) is 0. The van der Waals surface area contributed by atoms with E-state index in [1.165, 1.54) is 0 Å². The smallest absolute Gasteiger partial charge is 0.316 e. The molecule has 1 amide bonds. The molecule has 2 aliphatic heterocycles. The van der Waals surface area contributed by atoms with E-state index in [2.05, 4.69) is 9.97 Å². The van der Waals surface area contributed by atoms with E-state index in [-0.39, 0.29) is 17.8 Å². The van der Waals surface area contributed by atoms with Gasteiger partial charge in [0.15, 0.2) is 0 Å². The van der Waals surface area contributed by atoms with Crippen LogP contribution in [0.25, 0.3) is 0 Å². The topological polar surface area (TPSA) is 75.6 Å². The summed E-state index contributed by atoms with van der Waals surface area (Å²) in [6, 6.07) is 8.94. The maximum atomic E-state index is 12.6. The second-order valence-corrected chi connectivity index (χ2v) is 6.90. The van der Waals surface area contributed by atoms with Crippen molar-refractivity contribution < 1.29 is 14.3 Å². The first-order valence-corrected chi connectivity index (χ1v) is 9.35. The minimum Gasteiger partial charge on any atom is -0.426 e. The minimum atomic E-state index is -0.236. The predicted octanol–water partition coefficient (Wildman–Crippen LogP) is 2.43. The predicted molar refractivity (Wildman–Crippen MR) is 101 cm³/mol. The van der Waals surface area contributed by atoms with Crippen molar-refractivity contribution in [1.29, 1.82) is 0 Å². The summed E-state index contributed by atoms with van der Waals surface area (Å²) in [7, 11) is 0. The van der Waals surface area contributed by atoms with Crippen molar-refractivity contribution in [3.8, 4) is 5.75 Å². The maximum Gasteiger partial charge on any atom is 0.316 e. The molecule has 0 bridgehead atoms. The van der Waals surface area contributed by atoms with Crippen molar-refractivity contribution in [1.82, 2.24) is 9.97 Å². The number of ether oxygens (including phenoxy) is 1. The highest BCUT2D eigenvalue weighted by molar-refractivity contribution is 5.95. The summed E-state index contributed by atoms with van der Waals surface area (Å²) in [6.07, 6.45) is 6.59. The number of carbonyl (C=O) groups excluding carboxylic acids is 2. The number of aromatic nitrogens is 2. The zero-order chi connectivity index (χ0) is 18.6. The summed E-state index contributed by atoms with van der Waals surface area (Å²) in [5, 5.41) is 0. The Morgan fingerprint density at radius 2 is 1.85 bits per heavy atom. The van der Waals surface area contributed by atoms with Crippen LogP contribution in [0.4, 0.5) is 11.6 Å². The fraction of sp³-hybridized carbons (Fsp3) is 0.400. The first-order chi connectivity index (χ1) is 13.2. The fourth-order valence-electron chi connectivity index (χ4n) is 3.62. The Balaban J connectivity index is 1.37. The summed E-state index contributed by atoms with van der Waals surface area (Å²) in [5.41, 5.74) is 0.849. The standard InChI is InChI=1S/C20H22N4O3/c25-18-5-2-13-24(18)16-6-8-17(9-7-16)27-19(26)15-4-1-12-23(14-15)20-21-10-3-11-22-20/h3,6-11,15H,1-2,4-5,12-14H2. The highest BCUT2D eigenvalue weighted by Gasteiger charge is 2.29. The molecule has 0 saturated carbocycles. The van der Waals surface area contributed by atoms with Gasteiger partial charge >= 0.3 is 5.97 Å². The average molecular weight is 366 g/mol. The molecule has 2 aliphatic rings. The SMILES string of the molecule is O=C(Oc1ccc(N2CCCC2=O)cc1)C1CCCN(c2ncccn2)C1. The van der Waals surface area contributed by atoms with Gasteiger partial charge < -0.3 is 14.5 Å². The van der Waals surface area contributed by atoms with Crippen molar-refractivity contribution in [3.63, 3.8) is 0 Å². The molecule has 3 heterocycles. The summed E-state index contributed by atoms with van der Waals surface area (Å²) >= 11 is 0. The molecule has 0 N–H and O–H groups in total. The van der Waals surface area contributed by atoms with Gasteiger partial charge in [-0.15, -0.1) is 0 Å². The van der Waals surface area contributed by atoms with Gasteiger partial charge in [-0.3, -0.25) is 9.59 Å². The van der Waals surface area contributed by atoms with Gasteiger partial charge in [-0.05, 0) is 49.6 Å². The highest BCUT2D eigenvalue weighted by atomic mass is 16.5. The third-order valence-electron chi connectivity index (χ3n) is 5.03. The molecular formula is C20H22N4O3. The third kappa shape index (κ3) is 3.92. The number of esters is 1. The number of benzene rings is 1. The molecule has 1 unspecified atom stereocenters. The van der Waals surface area contributed by atoms with Gasteiger partial charge in [0.1, 0.15) is 5.75 Å². The molecule has 7 heteroatoms. The zero-order valence-electron chi connectivity index (χ0n) is 15.1. The Hall–Kier alpha value is -2.96. The summed E-state index contributed by atoms with van der Waals surface area (Å²) in [5.74, 6) is 0.853. The lowest BCUT2D eigenvalue weighted by Crippen LogP contribution is -2.41. The van der Waals surface area contributed by atoms with Crippen molar-refractivity contribution >= 4 is 23.5 Å². The van der Waals surface area contributed by atoms with E-state index in [1.54, 1.807) is 35.5 Å². The van der Waals surface area contributed by atoms with Crippen LogP contribution in [0.15, 0.2) is 42.7 Å². The quantitative estimate of drug-likeness (QED) is 0.611. The van der Waals surface area contributed by atoms with Crippen molar-refractivity contribution in [2.24, 2.45) is 5.92 Å². The molecule has 2 aromatic rings. The number of carbonyl (C=O) groups is 2. The van der Waals surface area contributed by atoms with E-state index >= 15 is 0 Å². The zero-order valence-corrected chi connectivity index (χ0v) is 15.1. The molecule has 4 rings (SSSR count). The Labute approximate surface area is 158 Å². The third-order valence-corrected chi connectivity index (χ3v) is 5.03. The number of nitrogens with zero attached hydrogens (tertiary/aromatic N) is 4. The van der Waals surface area contributed by atoms with Gasteiger partial charge in [0.25, 0.3) is 0 Å². The molecule has 7 nitrogen and oxygen atoms in total. The van der Waals surface area contributed by atoms with Crippen molar-refractivity contribution in [3.05, 3.63) is 42.7 Å². The summed E-state index contributed by atoms with van der Waals surface area (Å²) in [4.78, 5) is 36.7. The number of hydrogen-bond acceptors (Lipinski definition) is 6. The van der Waals surface area contributed by atoms with Gasteiger partial charge in [-0.2, -0.15) is 0 Å². The van der Waals surface area contributed by atoms with Gasteiger partial charge in [-0.1, -0.05) is 0 Å². The van der Waals surface area contributed by atoms with E-state index in [9.17, 15) is 9.59 Å². The second-order valence-electron chi connectivity index (χ2n) is 6.90. The van der Waals surface area contributed by atoms with Crippen LogP contribution in [0.5, 0.6) is 5.75 Å². The lowest BCUT2D eigenvalue weighted by atomic mass is 9.98. The molecule has 27 heavy (non-hydrogen) atoms. The van der Waals surface area contributed by atoms with E-state index in [0.29, 0.717) is 24.7 Å². The maximum absolute atomic E-state index is 12.6. The molecule has 140 valence electrons. The number of piperidine rings is 1. The monoisotopic (exact) mass is 366 g/mol. The van der Waals surface area contributed by atoms with Gasteiger partial charge in [0.2, 0.25) is 11.9 Å². The summed E-state index contributed by atoms with van der Waals surface area (Å²) in [6.45, 7) is 2.15. The molecule has 1 aromatic heterocycles. The number of rotatable bonds is 4. The van der Waals surface area contributed by atoms with Crippen LogP contribution >= 0.6 is 0 Å². The van der Waals surface area contributed by atoms with Crippen LogP contribution in [-0.2, 0) is 9.59 Å². The molecule has 0 aliphatic carbocycles. The number of amides is 1. The van der Waals surface area contributed by atoms with Crippen LogP contribution in [0, 0.1) is 5.92 Å². The largest absolute Gasteiger partial charge is 0.426 e. The molecule has 1 atom stereocenters. The fourth-order valence-corrected chi connectivity index (χ4v) is 3.62. The average Bonchev–Trinajstić information content (AvgIpc) is 3.15.